The van der Waals surface area contributed by atoms with E-state index in [1.165, 1.54) is 6.07 Å². The molecular formula is C8H10ClO4P. The van der Waals surface area contributed by atoms with Gasteiger partial charge in [0.2, 0.25) is 0 Å². The second-order valence-corrected chi connectivity index (χ2v) is 4.17. The van der Waals surface area contributed by atoms with Crippen molar-refractivity contribution in [2.24, 2.45) is 0 Å². The minimum absolute atomic E-state index is 0.182. The van der Waals surface area contributed by atoms with E-state index in [2.05, 4.69) is 4.52 Å². The molecule has 0 radical (unpaired) electrons. The van der Waals surface area contributed by atoms with Gasteiger partial charge in [0, 0.05) is 5.88 Å². The third-order valence-electron chi connectivity index (χ3n) is 1.55. The van der Waals surface area contributed by atoms with Gasteiger partial charge in [-0.25, -0.2) is 4.57 Å². The number of hydrogen-bond acceptors (Lipinski definition) is 2. The van der Waals surface area contributed by atoms with Crippen LogP contribution < -0.4 is 4.52 Å². The van der Waals surface area contributed by atoms with Gasteiger partial charge in [0.25, 0.3) is 0 Å². The van der Waals surface area contributed by atoms with Gasteiger partial charge < -0.3 is 4.52 Å². The highest BCUT2D eigenvalue weighted by molar-refractivity contribution is 7.46. The van der Waals surface area contributed by atoms with Crippen LogP contribution in [0.3, 0.4) is 0 Å². The van der Waals surface area contributed by atoms with E-state index in [1.807, 2.05) is 0 Å². The number of halogens is 1. The Balaban J connectivity index is 2.90. The Labute approximate surface area is 86.7 Å². The van der Waals surface area contributed by atoms with Crippen molar-refractivity contribution in [3.8, 4) is 5.75 Å². The Kier molecular flexibility index (Phi) is 3.96. The van der Waals surface area contributed by atoms with E-state index in [9.17, 15) is 4.57 Å². The monoisotopic (exact) mass is 236 g/mol. The summed E-state index contributed by atoms with van der Waals surface area (Å²) in [5, 5.41) is 0. The summed E-state index contributed by atoms with van der Waals surface area (Å²) in [4.78, 5) is 17.2. The number of rotatable bonds is 4. The van der Waals surface area contributed by atoms with E-state index in [4.69, 9.17) is 21.4 Å². The van der Waals surface area contributed by atoms with Crippen LogP contribution in [0, 0.1) is 0 Å². The fraction of sp³-hybridized carbons (Fsp3) is 0.250. The average molecular weight is 237 g/mol. The predicted octanol–water partition coefficient (Wildman–Crippen LogP) is 1.94. The molecule has 0 fully saturated rings. The van der Waals surface area contributed by atoms with Gasteiger partial charge in [-0.05, 0) is 18.1 Å². The fourth-order valence-electron chi connectivity index (χ4n) is 1.03. The van der Waals surface area contributed by atoms with Crippen LogP contribution in [0.25, 0.3) is 0 Å². The molecule has 78 valence electrons. The van der Waals surface area contributed by atoms with Crippen molar-refractivity contribution in [1.29, 1.82) is 0 Å². The van der Waals surface area contributed by atoms with Crippen LogP contribution >= 0.6 is 19.4 Å². The Bertz CT molecular complexity index is 349. The van der Waals surface area contributed by atoms with Gasteiger partial charge in [0.05, 0.1) is 0 Å². The van der Waals surface area contributed by atoms with Crippen molar-refractivity contribution in [2.45, 2.75) is 6.42 Å². The third kappa shape index (κ3) is 3.68. The van der Waals surface area contributed by atoms with Gasteiger partial charge in [-0.1, -0.05) is 18.2 Å². The molecule has 4 nitrogen and oxygen atoms in total. The standard InChI is InChI=1S/C8H10ClO4P/c9-6-5-7-3-1-2-4-8(7)13-14(10,11)12/h1-4H,5-6H2,(H2,10,11,12). The molecule has 6 heteroatoms. The van der Waals surface area contributed by atoms with Gasteiger partial charge in [0.1, 0.15) is 5.75 Å². The zero-order valence-electron chi connectivity index (χ0n) is 7.26. The second kappa shape index (κ2) is 4.80. The summed E-state index contributed by atoms with van der Waals surface area (Å²) in [5.74, 6) is 0.558. The van der Waals surface area contributed by atoms with Crippen molar-refractivity contribution in [3.05, 3.63) is 29.8 Å². The maximum absolute atomic E-state index is 10.6. The number of phosphoric acid groups is 1. The first-order chi connectivity index (χ1) is 6.53. The number of aryl methyl sites for hydroxylation is 1. The lowest BCUT2D eigenvalue weighted by Gasteiger charge is -2.10. The summed E-state index contributed by atoms with van der Waals surface area (Å²) in [7, 11) is -4.48. The van der Waals surface area contributed by atoms with E-state index in [0.717, 1.165) is 0 Å². The van der Waals surface area contributed by atoms with E-state index >= 15 is 0 Å². The number of benzene rings is 1. The van der Waals surface area contributed by atoms with Crippen molar-refractivity contribution in [1.82, 2.24) is 0 Å². The zero-order valence-corrected chi connectivity index (χ0v) is 8.91. The van der Waals surface area contributed by atoms with Crippen molar-refractivity contribution in [2.75, 3.05) is 5.88 Å². The third-order valence-corrected chi connectivity index (χ3v) is 2.18. The molecule has 0 aromatic heterocycles. The van der Waals surface area contributed by atoms with Crippen LogP contribution in [0.15, 0.2) is 24.3 Å². The molecule has 0 aliphatic heterocycles. The molecule has 0 unspecified atom stereocenters. The van der Waals surface area contributed by atoms with Crippen LogP contribution in [0.5, 0.6) is 5.75 Å². The summed E-state index contributed by atoms with van der Waals surface area (Å²) < 4.78 is 15.1. The summed E-state index contributed by atoms with van der Waals surface area (Å²) >= 11 is 5.53. The molecule has 2 N–H and O–H groups in total. The van der Waals surface area contributed by atoms with Crippen LogP contribution in [-0.2, 0) is 11.0 Å². The van der Waals surface area contributed by atoms with Crippen molar-refractivity contribution < 1.29 is 18.9 Å². The predicted molar refractivity (Wildman–Crippen MR) is 53.5 cm³/mol. The highest BCUT2D eigenvalue weighted by Gasteiger charge is 2.17. The molecule has 1 aromatic carbocycles. The molecule has 0 bridgehead atoms. The first-order valence-electron chi connectivity index (χ1n) is 3.92. The Morgan fingerprint density at radius 3 is 2.57 bits per heavy atom. The molecule has 1 rings (SSSR count). The topological polar surface area (TPSA) is 66.8 Å². The van der Waals surface area contributed by atoms with Gasteiger partial charge in [-0.15, -0.1) is 11.6 Å². The first kappa shape index (κ1) is 11.5. The summed E-state index contributed by atoms with van der Waals surface area (Å²) in [6.45, 7) is 0. The van der Waals surface area contributed by atoms with Gasteiger partial charge in [0.15, 0.2) is 0 Å². The van der Waals surface area contributed by atoms with Crippen molar-refractivity contribution in [3.63, 3.8) is 0 Å². The summed E-state index contributed by atoms with van der Waals surface area (Å²) in [6, 6.07) is 6.62. The zero-order chi connectivity index (χ0) is 10.6. The molecule has 1 aromatic rings. The summed E-state index contributed by atoms with van der Waals surface area (Å²) in [6.07, 6.45) is 0.512. The van der Waals surface area contributed by atoms with E-state index < -0.39 is 7.82 Å². The molecule has 0 saturated heterocycles. The van der Waals surface area contributed by atoms with Gasteiger partial charge in [-0.2, -0.15) is 0 Å². The Morgan fingerprint density at radius 2 is 2.00 bits per heavy atom. The lowest BCUT2D eigenvalue weighted by atomic mass is 10.1. The summed E-state index contributed by atoms with van der Waals surface area (Å²) in [5.41, 5.74) is 0.686. The lowest BCUT2D eigenvalue weighted by molar-refractivity contribution is 0.282. The van der Waals surface area contributed by atoms with Crippen LogP contribution in [-0.4, -0.2) is 15.7 Å². The van der Waals surface area contributed by atoms with E-state index in [-0.39, 0.29) is 5.75 Å². The van der Waals surface area contributed by atoms with Gasteiger partial charge in [-0.3, -0.25) is 9.79 Å². The highest BCUT2D eigenvalue weighted by Crippen LogP contribution is 2.39. The number of phosphoric ester groups is 1. The molecule has 0 atom stereocenters. The fourth-order valence-corrected chi connectivity index (χ4v) is 1.67. The maximum atomic E-state index is 10.6. The largest absolute Gasteiger partial charge is 0.524 e. The molecule has 0 heterocycles. The van der Waals surface area contributed by atoms with Crippen LogP contribution in [0.1, 0.15) is 5.56 Å². The molecule has 0 amide bonds. The lowest BCUT2D eigenvalue weighted by Crippen LogP contribution is -1.95. The SMILES string of the molecule is O=P(O)(O)Oc1ccccc1CCCl. The molecule has 0 aliphatic rings. The van der Waals surface area contributed by atoms with E-state index in [0.29, 0.717) is 17.9 Å². The minimum atomic E-state index is -4.48. The van der Waals surface area contributed by atoms with E-state index in [1.54, 1.807) is 18.2 Å². The molecule has 0 saturated carbocycles. The van der Waals surface area contributed by atoms with Crippen LogP contribution in [0.2, 0.25) is 0 Å². The maximum Gasteiger partial charge on any atom is 0.524 e. The number of hydrogen-bond donors (Lipinski definition) is 2. The highest BCUT2D eigenvalue weighted by atomic mass is 35.5. The Hall–Kier alpha value is -0.540. The quantitative estimate of drug-likeness (QED) is 0.619. The van der Waals surface area contributed by atoms with Crippen molar-refractivity contribution >= 4 is 19.4 Å². The minimum Gasteiger partial charge on any atom is -0.404 e. The second-order valence-electron chi connectivity index (χ2n) is 2.63. The smallest absolute Gasteiger partial charge is 0.404 e. The first-order valence-corrected chi connectivity index (χ1v) is 5.98. The molecule has 14 heavy (non-hydrogen) atoms. The molecule has 0 spiro atoms. The van der Waals surface area contributed by atoms with Crippen LogP contribution in [0.4, 0.5) is 0 Å². The molecular weight excluding hydrogens is 227 g/mol. The normalized spacial score (nSPS) is 11.4. The average Bonchev–Trinajstić information content (AvgIpc) is 2.06. The molecule has 0 aliphatic carbocycles. The number of alkyl halides is 1. The van der Waals surface area contributed by atoms with Gasteiger partial charge >= 0.3 is 7.82 Å². The Morgan fingerprint density at radius 1 is 1.36 bits per heavy atom. The number of para-hydroxylation sites is 1.